The molecule has 0 bridgehead atoms. The van der Waals surface area contributed by atoms with E-state index in [1.54, 1.807) is 0 Å². The number of benzene rings is 25. The van der Waals surface area contributed by atoms with Gasteiger partial charge in [0.15, 0.2) is 0 Å². The van der Waals surface area contributed by atoms with E-state index in [-0.39, 0.29) is 0 Å². The van der Waals surface area contributed by atoms with Crippen LogP contribution >= 0.6 is 22.7 Å². The van der Waals surface area contributed by atoms with Gasteiger partial charge in [0.25, 0.3) is 0 Å². The monoisotopic (exact) mass is 1870 g/mol. The third-order valence-corrected chi connectivity index (χ3v) is 30.8. The van der Waals surface area contributed by atoms with Gasteiger partial charge in [0.1, 0.15) is 11.2 Å². The first-order valence-electron chi connectivity index (χ1n) is 49.1. The molecular formula is C138H91N3OS2. The van der Waals surface area contributed by atoms with Crippen molar-refractivity contribution in [2.45, 2.75) is 0 Å². The van der Waals surface area contributed by atoms with E-state index in [4.69, 9.17) is 4.42 Å². The first-order chi connectivity index (χ1) is 71.4. The molecule has 0 aliphatic heterocycles. The van der Waals surface area contributed by atoms with E-state index in [2.05, 4.69) is 555 Å². The van der Waals surface area contributed by atoms with Crippen LogP contribution in [-0.4, -0.2) is 0 Å². The molecule has 0 aliphatic carbocycles. The van der Waals surface area contributed by atoms with Crippen LogP contribution in [0.5, 0.6) is 0 Å². The van der Waals surface area contributed by atoms with E-state index in [9.17, 15) is 0 Å². The molecule has 0 unspecified atom stereocenters. The van der Waals surface area contributed by atoms with Gasteiger partial charge < -0.3 is 19.1 Å². The summed E-state index contributed by atoms with van der Waals surface area (Å²) in [7, 11) is 0. The lowest BCUT2D eigenvalue weighted by molar-refractivity contribution is 0.670. The zero-order chi connectivity index (χ0) is 95.3. The first kappa shape index (κ1) is 86.1. The molecule has 4 nitrogen and oxygen atoms in total. The van der Waals surface area contributed by atoms with Crippen LogP contribution in [0, 0.1) is 0 Å². The molecule has 3 heterocycles. The number of para-hydroxylation sites is 2. The zero-order valence-electron chi connectivity index (χ0n) is 78.6. The van der Waals surface area contributed by atoms with Crippen LogP contribution in [0.1, 0.15) is 0 Å². The Balaban J connectivity index is 0.000000110. The van der Waals surface area contributed by atoms with E-state index in [1.165, 1.54) is 172 Å². The highest BCUT2D eigenvalue weighted by Crippen LogP contribution is 2.51. The van der Waals surface area contributed by atoms with Crippen molar-refractivity contribution >= 4 is 201 Å². The highest BCUT2D eigenvalue weighted by atomic mass is 32.1. The molecule has 3 aromatic heterocycles. The standard InChI is InChI=1S/C48H31NS.C46H31NS.C44H29NO/c1-2-12-32(13-3-1)33-24-26-35(27-25-33)49(37-28-29-43-41-18-5-4-16-39(41)40-17-6-7-19-42(40)46(43)31-37)36-15-10-14-34(30-36)38-21-11-22-45-44-20-8-9-23-47(44)50-48(38)45;1-2-11-32(12-3-1)35-15-8-16-36(29-35)34-23-26-39(27-24-34)47(41-28-25-33-13-4-5-14-37(33)30-41)40-18-9-17-38(31-40)42-20-10-21-44-43-19-6-7-22-45(43)48-46(42)44;1-2-12-30(13-3-1)31-24-26-34(27-25-31)45(42-29-33-14-4-5-17-36(33)38-18-6-7-19-39(38)42)35-16-10-15-32(28-35)37-21-11-22-41-40-20-8-9-23-43(40)46-44(37)41/h1-31H;1-31H;1-29H. The fourth-order valence-electron chi connectivity index (χ4n) is 21.4. The van der Waals surface area contributed by atoms with Crippen molar-refractivity contribution in [3.8, 4) is 77.9 Å². The van der Waals surface area contributed by atoms with Gasteiger partial charge in [-0.05, 0) is 259 Å². The lowest BCUT2D eigenvalue weighted by Crippen LogP contribution is -2.10. The third-order valence-electron chi connectivity index (χ3n) is 28.3. The molecule has 0 radical (unpaired) electrons. The van der Waals surface area contributed by atoms with Crippen molar-refractivity contribution in [1.82, 2.24) is 0 Å². The van der Waals surface area contributed by atoms with Crippen molar-refractivity contribution in [3.05, 3.63) is 552 Å². The second kappa shape index (κ2) is 37.5. The van der Waals surface area contributed by atoms with E-state index in [0.29, 0.717) is 0 Å². The summed E-state index contributed by atoms with van der Waals surface area (Å²) in [5.74, 6) is 0. The van der Waals surface area contributed by atoms with Crippen molar-refractivity contribution in [2.75, 3.05) is 14.7 Å². The molecule has 144 heavy (non-hydrogen) atoms. The molecule has 0 fully saturated rings. The second-order valence-corrected chi connectivity index (χ2v) is 38.9. The Bertz CT molecular complexity index is 9700. The number of thiophene rings is 2. The maximum atomic E-state index is 6.46. The number of anilines is 9. The average Bonchev–Trinajstić information content (AvgIpc) is 1.11. The number of furan rings is 1. The highest BCUT2D eigenvalue weighted by molar-refractivity contribution is 7.26. The maximum absolute atomic E-state index is 6.46. The van der Waals surface area contributed by atoms with Gasteiger partial charge in [-0.2, -0.15) is 0 Å². The molecule has 28 rings (SSSR count). The molecule has 0 saturated heterocycles. The van der Waals surface area contributed by atoms with E-state index >= 15 is 0 Å². The van der Waals surface area contributed by atoms with Crippen LogP contribution in [0.25, 0.3) is 205 Å². The topological polar surface area (TPSA) is 22.9 Å². The van der Waals surface area contributed by atoms with Gasteiger partial charge in [-0.25, -0.2) is 0 Å². The molecule has 6 heteroatoms. The lowest BCUT2D eigenvalue weighted by atomic mass is 9.94. The smallest absolute Gasteiger partial charge is 0.143 e. The lowest BCUT2D eigenvalue weighted by Gasteiger charge is -2.28. The normalized spacial score (nSPS) is 11.5. The van der Waals surface area contributed by atoms with E-state index in [1.807, 2.05) is 34.8 Å². The molecule has 0 atom stereocenters. The molecule has 0 spiro atoms. The summed E-state index contributed by atoms with van der Waals surface area (Å²) in [5.41, 5.74) is 28.7. The van der Waals surface area contributed by atoms with E-state index in [0.717, 1.165) is 84.3 Å². The molecular weight excluding hydrogens is 1780 g/mol. The van der Waals surface area contributed by atoms with Crippen molar-refractivity contribution in [1.29, 1.82) is 0 Å². The summed E-state index contributed by atoms with van der Waals surface area (Å²) in [6, 6.07) is 200. The van der Waals surface area contributed by atoms with Gasteiger partial charge in [-0.3, -0.25) is 0 Å². The van der Waals surface area contributed by atoms with Gasteiger partial charge in [0, 0.05) is 108 Å². The molecule has 25 aromatic carbocycles. The Morgan fingerprint density at radius 2 is 0.465 bits per heavy atom. The molecule has 0 N–H and O–H groups in total. The molecule has 0 amide bonds. The number of nitrogens with zero attached hydrogens (tertiary/aromatic N) is 3. The van der Waals surface area contributed by atoms with Gasteiger partial charge >= 0.3 is 0 Å². The molecule has 0 saturated carbocycles. The van der Waals surface area contributed by atoms with Gasteiger partial charge in [0.2, 0.25) is 0 Å². The fraction of sp³-hybridized carbons (Fsp3) is 0. The Kier molecular flexibility index (Phi) is 22.4. The van der Waals surface area contributed by atoms with Crippen LogP contribution < -0.4 is 14.7 Å². The van der Waals surface area contributed by atoms with Crippen LogP contribution in [-0.2, 0) is 0 Å². The van der Waals surface area contributed by atoms with E-state index < -0.39 is 0 Å². The zero-order valence-corrected chi connectivity index (χ0v) is 80.2. The van der Waals surface area contributed by atoms with Crippen LogP contribution in [0.2, 0.25) is 0 Å². The van der Waals surface area contributed by atoms with Crippen molar-refractivity contribution < 1.29 is 4.42 Å². The summed E-state index contributed by atoms with van der Waals surface area (Å²) >= 11 is 3.76. The molecule has 676 valence electrons. The number of hydrogen-bond donors (Lipinski definition) is 0. The van der Waals surface area contributed by atoms with Crippen LogP contribution in [0.4, 0.5) is 51.2 Å². The quantitative estimate of drug-likeness (QED) is 0.0900. The Morgan fingerprint density at radius 3 is 0.993 bits per heavy atom. The van der Waals surface area contributed by atoms with Crippen LogP contribution in [0.3, 0.4) is 0 Å². The average molecular weight is 1870 g/mol. The summed E-state index contributed by atoms with van der Waals surface area (Å²) in [5, 5.41) is 22.6. The Labute approximate surface area is 843 Å². The molecule has 28 aromatic rings. The van der Waals surface area contributed by atoms with Gasteiger partial charge in [-0.1, -0.05) is 425 Å². The minimum Gasteiger partial charge on any atom is -0.455 e. The van der Waals surface area contributed by atoms with Crippen molar-refractivity contribution in [3.63, 3.8) is 0 Å². The predicted octanol–water partition coefficient (Wildman–Crippen LogP) is 40.7. The second-order valence-electron chi connectivity index (χ2n) is 36.8. The predicted molar refractivity (Wildman–Crippen MR) is 620 cm³/mol. The first-order valence-corrected chi connectivity index (χ1v) is 50.8. The maximum Gasteiger partial charge on any atom is 0.143 e. The Hall–Kier alpha value is -18.3. The number of fused-ring (bicyclic) bond motifs is 19. The van der Waals surface area contributed by atoms with Crippen molar-refractivity contribution in [2.24, 2.45) is 0 Å². The third kappa shape index (κ3) is 16.1. The summed E-state index contributed by atoms with van der Waals surface area (Å²) < 4.78 is 11.8. The number of hydrogen-bond acceptors (Lipinski definition) is 6. The SMILES string of the molecule is c1ccc(-c2ccc(N(c3cccc(-c4cccc5c4oc4ccccc45)c3)c3cc4ccccc4c4ccccc34)cc2)cc1.c1ccc(-c2ccc(N(c3cccc(-c4cccc5c4sc4ccccc45)c3)c3ccc4c5ccccc5c5ccccc5c4c3)cc2)cc1.c1ccc(-c2cccc(-c3ccc(N(c4cccc(-c5cccc6c5sc5ccccc56)c4)c4ccc5ccccc5c4)cc3)c2)cc1. The minimum absolute atomic E-state index is 0.906. The fourth-order valence-corrected chi connectivity index (χ4v) is 23.9. The summed E-state index contributed by atoms with van der Waals surface area (Å²) in [6.45, 7) is 0. The van der Waals surface area contributed by atoms with Crippen LogP contribution in [0.15, 0.2) is 556 Å². The Morgan fingerprint density at radius 1 is 0.146 bits per heavy atom. The minimum atomic E-state index is 0.906. The van der Waals surface area contributed by atoms with Gasteiger partial charge in [-0.15, -0.1) is 22.7 Å². The largest absolute Gasteiger partial charge is 0.455 e. The van der Waals surface area contributed by atoms with Gasteiger partial charge in [0.05, 0.1) is 5.69 Å². The highest BCUT2D eigenvalue weighted by Gasteiger charge is 2.25. The summed E-state index contributed by atoms with van der Waals surface area (Å²) in [6.07, 6.45) is 0. The number of rotatable bonds is 16. The summed E-state index contributed by atoms with van der Waals surface area (Å²) in [4.78, 5) is 7.18. The molecule has 0 aliphatic rings.